The van der Waals surface area contributed by atoms with E-state index in [-0.39, 0.29) is 6.04 Å². The van der Waals surface area contributed by atoms with Crippen molar-refractivity contribution in [1.82, 2.24) is 4.72 Å². The Morgan fingerprint density at radius 2 is 2.31 bits per heavy atom. The first-order valence-corrected chi connectivity index (χ1v) is 8.54. The highest BCUT2D eigenvalue weighted by molar-refractivity contribution is 7.98. The Bertz CT molecular complexity index is 428. The van der Waals surface area contributed by atoms with Crippen LogP contribution in [0.15, 0.2) is 16.3 Å². The average molecular weight is 280 g/mol. The van der Waals surface area contributed by atoms with Gasteiger partial charge in [0.25, 0.3) is 0 Å². The molecule has 1 unspecified atom stereocenters. The summed E-state index contributed by atoms with van der Waals surface area (Å²) in [5.74, 6) is 0.757. The highest BCUT2D eigenvalue weighted by atomic mass is 32.2. The van der Waals surface area contributed by atoms with Crippen molar-refractivity contribution >= 4 is 33.1 Å². The van der Waals surface area contributed by atoms with Gasteiger partial charge in [0, 0.05) is 28.6 Å². The molecular formula is C9H16N2O2S3. The summed E-state index contributed by atoms with van der Waals surface area (Å²) in [7, 11) is -3.38. The Balaban J connectivity index is 2.77. The van der Waals surface area contributed by atoms with Gasteiger partial charge in [-0.2, -0.15) is 11.8 Å². The van der Waals surface area contributed by atoms with E-state index < -0.39 is 10.0 Å². The molecule has 1 aromatic rings. The summed E-state index contributed by atoms with van der Waals surface area (Å²) in [5.41, 5.74) is 5.45. The Hall–Kier alpha value is -0.0800. The summed E-state index contributed by atoms with van der Waals surface area (Å²) in [6.07, 6.45) is 1.95. The van der Waals surface area contributed by atoms with Crippen molar-refractivity contribution < 1.29 is 8.42 Å². The average Bonchev–Trinajstić information content (AvgIpc) is 2.65. The van der Waals surface area contributed by atoms with Crippen LogP contribution in [0.4, 0.5) is 0 Å². The van der Waals surface area contributed by atoms with Gasteiger partial charge in [-0.3, -0.25) is 0 Å². The lowest BCUT2D eigenvalue weighted by atomic mass is 10.4. The fourth-order valence-corrected chi connectivity index (χ4v) is 4.31. The molecule has 0 aliphatic rings. The van der Waals surface area contributed by atoms with E-state index in [0.717, 1.165) is 10.6 Å². The Labute approximate surface area is 105 Å². The minimum Gasteiger partial charge on any atom is -0.326 e. The van der Waals surface area contributed by atoms with E-state index in [0.29, 0.717) is 11.4 Å². The summed E-state index contributed by atoms with van der Waals surface area (Å²) >= 11 is 2.98. The van der Waals surface area contributed by atoms with Gasteiger partial charge in [0.1, 0.15) is 0 Å². The minimum atomic E-state index is -3.38. The molecule has 0 saturated carbocycles. The minimum absolute atomic E-state index is 0.0683. The lowest BCUT2D eigenvalue weighted by Crippen LogP contribution is -2.33. The maximum absolute atomic E-state index is 11.9. The summed E-state index contributed by atoms with van der Waals surface area (Å²) in [6.45, 7) is 2.23. The van der Waals surface area contributed by atoms with Crippen LogP contribution in [0.3, 0.4) is 0 Å². The third kappa shape index (κ3) is 3.74. The van der Waals surface area contributed by atoms with E-state index in [9.17, 15) is 8.42 Å². The van der Waals surface area contributed by atoms with Crippen LogP contribution in [0.25, 0.3) is 0 Å². The molecule has 16 heavy (non-hydrogen) atoms. The van der Waals surface area contributed by atoms with E-state index in [4.69, 9.17) is 5.73 Å². The zero-order valence-electron chi connectivity index (χ0n) is 9.26. The van der Waals surface area contributed by atoms with E-state index >= 15 is 0 Å². The number of thioether (sulfide) groups is 1. The molecular weight excluding hydrogens is 264 g/mol. The van der Waals surface area contributed by atoms with Gasteiger partial charge >= 0.3 is 0 Å². The van der Waals surface area contributed by atoms with Crippen molar-refractivity contribution in [3.63, 3.8) is 0 Å². The molecule has 0 bridgehead atoms. The van der Waals surface area contributed by atoms with E-state index in [1.165, 1.54) is 11.3 Å². The molecule has 1 aromatic heterocycles. The fourth-order valence-electron chi connectivity index (χ4n) is 1.23. The van der Waals surface area contributed by atoms with Crippen LogP contribution in [0.2, 0.25) is 0 Å². The Morgan fingerprint density at radius 3 is 2.81 bits per heavy atom. The van der Waals surface area contributed by atoms with Gasteiger partial charge in [0.05, 0.1) is 4.90 Å². The highest BCUT2D eigenvalue weighted by Crippen LogP contribution is 2.19. The molecule has 7 heteroatoms. The topological polar surface area (TPSA) is 72.2 Å². The fraction of sp³-hybridized carbons (Fsp3) is 0.556. The normalized spacial score (nSPS) is 13.9. The first-order valence-electron chi connectivity index (χ1n) is 4.78. The first kappa shape index (κ1) is 14.0. The molecule has 92 valence electrons. The zero-order valence-corrected chi connectivity index (χ0v) is 11.7. The van der Waals surface area contributed by atoms with Crippen LogP contribution < -0.4 is 10.5 Å². The van der Waals surface area contributed by atoms with Crippen LogP contribution in [0, 0.1) is 0 Å². The van der Waals surface area contributed by atoms with Crippen LogP contribution in [-0.2, 0) is 16.6 Å². The Morgan fingerprint density at radius 1 is 1.62 bits per heavy atom. The first-order chi connectivity index (χ1) is 7.49. The van der Waals surface area contributed by atoms with Crippen LogP contribution in [0.5, 0.6) is 0 Å². The number of hydrogen-bond donors (Lipinski definition) is 2. The molecule has 0 radical (unpaired) electrons. The second kappa shape index (κ2) is 6.02. The summed E-state index contributed by atoms with van der Waals surface area (Å²) in [4.78, 5) is 1.18. The lowest BCUT2D eigenvalue weighted by molar-refractivity contribution is 0.571. The molecule has 1 atom stereocenters. The van der Waals surface area contributed by atoms with Crippen LogP contribution in [-0.4, -0.2) is 26.5 Å². The number of rotatable bonds is 6. The quantitative estimate of drug-likeness (QED) is 0.822. The lowest BCUT2D eigenvalue weighted by Gasteiger charge is -2.11. The molecule has 0 fully saturated rings. The smallest absolute Gasteiger partial charge is 0.241 e. The summed E-state index contributed by atoms with van der Waals surface area (Å²) in [5, 5.41) is 1.62. The van der Waals surface area contributed by atoms with Crippen molar-refractivity contribution in [2.45, 2.75) is 24.4 Å². The number of sulfonamides is 1. The van der Waals surface area contributed by atoms with Gasteiger partial charge in [-0.15, -0.1) is 11.3 Å². The van der Waals surface area contributed by atoms with Gasteiger partial charge in [0.2, 0.25) is 10.0 Å². The number of nitrogens with one attached hydrogen (secondary N) is 1. The number of thiophene rings is 1. The van der Waals surface area contributed by atoms with E-state index in [2.05, 4.69) is 4.72 Å². The maximum Gasteiger partial charge on any atom is 0.241 e. The van der Waals surface area contributed by atoms with Crippen LogP contribution in [0.1, 0.15) is 11.8 Å². The standard InChI is InChI=1S/C9H16N2O2S3/c1-7(5-14-2)11-16(12,13)9-3-8(4-10)15-6-9/h3,6-7,11H,4-5,10H2,1-2H3. The van der Waals surface area contributed by atoms with E-state index in [1.54, 1.807) is 23.2 Å². The predicted molar refractivity (Wildman–Crippen MR) is 70.4 cm³/mol. The van der Waals surface area contributed by atoms with Crippen molar-refractivity contribution in [2.75, 3.05) is 12.0 Å². The summed E-state index contributed by atoms with van der Waals surface area (Å²) in [6, 6.07) is 1.56. The van der Waals surface area contributed by atoms with Gasteiger partial charge in [-0.25, -0.2) is 13.1 Å². The highest BCUT2D eigenvalue weighted by Gasteiger charge is 2.18. The second-order valence-electron chi connectivity index (χ2n) is 3.43. The van der Waals surface area contributed by atoms with Crippen molar-refractivity contribution in [1.29, 1.82) is 0 Å². The van der Waals surface area contributed by atoms with Crippen molar-refractivity contribution in [3.8, 4) is 0 Å². The van der Waals surface area contributed by atoms with E-state index in [1.807, 2.05) is 13.2 Å². The molecule has 1 rings (SSSR count). The molecule has 0 aromatic carbocycles. The van der Waals surface area contributed by atoms with Crippen LogP contribution >= 0.6 is 23.1 Å². The molecule has 0 saturated heterocycles. The van der Waals surface area contributed by atoms with Gasteiger partial charge in [-0.05, 0) is 19.2 Å². The van der Waals surface area contributed by atoms with Crippen molar-refractivity contribution in [3.05, 3.63) is 16.3 Å². The summed E-state index contributed by atoms with van der Waals surface area (Å²) < 4.78 is 26.4. The van der Waals surface area contributed by atoms with Crippen molar-refractivity contribution in [2.24, 2.45) is 5.73 Å². The second-order valence-corrected chi connectivity index (χ2v) is 7.05. The molecule has 1 heterocycles. The molecule has 0 aliphatic heterocycles. The molecule has 3 N–H and O–H groups in total. The zero-order chi connectivity index (χ0) is 12.2. The third-order valence-electron chi connectivity index (χ3n) is 1.91. The Kier molecular flexibility index (Phi) is 5.26. The maximum atomic E-state index is 11.9. The largest absolute Gasteiger partial charge is 0.326 e. The van der Waals surface area contributed by atoms with Gasteiger partial charge < -0.3 is 5.73 Å². The molecule has 4 nitrogen and oxygen atoms in total. The molecule has 0 amide bonds. The predicted octanol–water partition coefficient (Wildman–Crippen LogP) is 1.24. The van der Waals surface area contributed by atoms with Gasteiger partial charge in [-0.1, -0.05) is 0 Å². The molecule has 0 spiro atoms. The van der Waals surface area contributed by atoms with Gasteiger partial charge in [0.15, 0.2) is 0 Å². The monoisotopic (exact) mass is 280 g/mol. The SMILES string of the molecule is CSCC(C)NS(=O)(=O)c1csc(CN)c1. The molecule has 0 aliphatic carbocycles. The third-order valence-corrected chi connectivity index (χ3v) is 5.42. The number of hydrogen-bond acceptors (Lipinski definition) is 5. The number of nitrogens with two attached hydrogens (primary N) is 1.